The molecule has 182 valence electrons. The first-order valence-corrected chi connectivity index (χ1v) is 12.9. The van der Waals surface area contributed by atoms with Crippen LogP contribution in [0.3, 0.4) is 0 Å². The lowest BCUT2D eigenvalue weighted by atomic mass is 10.0. The molecule has 0 bridgehead atoms. The predicted molar refractivity (Wildman–Crippen MR) is 131 cm³/mol. The van der Waals surface area contributed by atoms with Crippen molar-refractivity contribution in [2.24, 2.45) is 5.73 Å². The third kappa shape index (κ3) is 6.72. The molecule has 0 unspecified atom stereocenters. The van der Waals surface area contributed by atoms with Crippen LogP contribution in [0.5, 0.6) is 0 Å². The van der Waals surface area contributed by atoms with Crippen LogP contribution >= 0.6 is 0 Å². The molecule has 0 aliphatic carbocycles. The molecule has 1 saturated heterocycles. The van der Waals surface area contributed by atoms with Gasteiger partial charge in [0.05, 0.1) is 18.3 Å². The van der Waals surface area contributed by atoms with Gasteiger partial charge in [0.2, 0.25) is 21.8 Å². The first-order chi connectivity index (χ1) is 16.2. The zero-order valence-electron chi connectivity index (χ0n) is 19.2. The van der Waals surface area contributed by atoms with E-state index in [1.807, 2.05) is 30.3 Å². The molecule has 2 aromatic rings. The number of imide groups is 1. The number of sulfonamides is 1. The fourth-order valence-electron chi connectivity index (χ4n) is 3.84. The Morgan fingerprint density at radius 2 is 1.82 bits per heavy atom. The Hall–Kier alpha value is -3.08. The minimum Gasteiger partial charge on any atom is -0.384 e. The lowest BCUT2D eigenvalue weighted by Crippen LogP contribution is -2.54. The van der Waals surface area contributed by atoms with Crippen molar-refractivity contribution >= 4 is 27.7 Å². The van der Waals surface area contributed by atoms with Gasteiger partial charge in [0, 0.05) is 5.56 Å². The molecule has 0 radical (unpaired) electrons. The Morgan fingerprint density at radius 1 is 1.15 bits per heavy atom. The number of benzene rings is 2. The fourth-order valence-corrected chi connectivity index (χ4v) is 4.62. The first kappa shape index (κ1) is 25.5. The van der Waals surface area contributed by atoms with E-state index in [9.17, 15) is 18.0 Å². The van der Waals surface area contributed by atoms with Crippen molar-refractivity contribution in [3.63, 3.8) is 0 Å². The number of hydrogen-bond donors (Lipinski definition) is 4. The van der Waals surface area contributed by atoms with Crippen molar-refractivity contribution in [1.29, 1.82) is 5.41 Å². The maximum Gasteiger partial charge on any atom is 0.248 e. The molecule has 1 aliphatic rings. The van der Waals surface area contributed by atoms with E-state index in [4.69, 9.17) is 11.1 Å². The Kier molecular flexibility index (Phi) is 8.54. The van der Waals surface area contributed by atoms with E-state index in [0.29, 0.717) is 24.1 Å². The normalized spacial score (nSPS) is 16.7. The summed E-state index contributed by atoms with van der Waals surface area (Å²) >= 11 is 0. The van der Waals surface area contributed by atoms with Gasteiger partial charge in [0.15, 0.2) is 0 Å². The van der Waals surface area contributed by atoms with E-state index in [-0.39, 0.29) is 30.5 Å². The van der Waals surface area contributed by atoms with Crippen molar-refractivity contribution in [1.82, 2.24) is 14.9 Å². The molecule has 5 N–H and O–H groups in total. The maximum absolute atomic E-state index is 13.7. The van der Waals surface area contributed by atoms with Gasteiger partial charge >= 0.3 is 0 Å². The largest absolute Gasteiger partial charge is 0.384 e. The molecule has 0 spiro atoms. The van der Waals surface area contributed by atoms with Gasteiger partial charge in [0.25, 0.3) is 0 Å². The molecular formula is C24H31N5O4S. The molecule has 10 heteroatoms. The maximum atomic E-state index is 13.7. The van der Waals surface area contributed by atoms with E-state index in [2.05, 4.69) is 10.0 Å². The van der Waals surface area contributed by atoms with E-state index in [1.54, 1.807) is 24.3 Å². The van der Waals surface area contributed by atoms with Crippen LogP contribution in [0.1, 0.15) is 36.5 Å². The third-order valence-corrected chi connectivity index (χ3v) is 7.18. The quantitative estimate of drug-likeness (QED) is 0.293. The van der Waals surface area contributed by atoms with Crippen molar-refractivity contribution < 1.29 is 18.0 Å². The number of carbonyl (C=O) groups is 2. The molecule has 0 saturated carbocycles. The number of amidine groups is 1. The average Bonchev–Trinajstić information content (AvgIpc) is 3.37. The number of nitrogens with zero attached hydrogens (tertiary/aromatic N) is 1. The summed E-state index contributed by atoms with van der Waals surface area (Å²) in [4.78, 5) is 28.2. The van der Waals surface area contributed by atoms with Crippen molar-refractivity contribution in [3.8, 4) is 0 Å². The SMILES string of the molecule is CCS(=O)(=O)N[C@H](Cc1ccccc1)C(=O)N(Cc1ccc(C(=N)N)cc1)C(=O)[C@@H]1CCCN1. The molecule has 0 aromatic heterocycles. The second-order valence-corrected chi connectivity index (χ2v) is 10.3. The second-order valence-electron chi connectivity index (χ2n) is 8.29. The van der Waals surface area contributed by atoms with Gasteiger partial charge < -0.3 is 11.1 Å². The molecular weight excluding hydrogens is 454 g/mol. The highest BCUT2D eigenvalue weighted by molar-refractivity contribution is 7.89. The number of nitrogen functional groups attached to an aromatic ring is 1. The van der Waals surface area contributed by atoms with Gasteiger partial charge in [-0.25, -0.2) is 13.1 Å². The summed E-state index contributed by atoms with van der Waals surface area (Å²) in [6.45, 7) is 2.16. The molecule has 1 fully saturated rings. The molecule has 9 nitrogen and oxygen atoms in total. The van der Waals surface area contributed by atoms with E-state index in [0.717, 1.165) is 16.9 Å². The monoisotopic (exact) mass is 485 g/mol. The van der Waals surface area contributed by atoms with Crippen molar-refractivity contribution in [2.45, 2.75) is 44.8 Å². The topological polar surface area (TPSA) is 145 Å². The van der Waals surface area contributed by atoms with Gasteiger partial charge in [-0.05, 0) is 43.9 Å². The predicted octanol–water partition coefficient (Wildman–Crippen LogP) is 1.13. The highest BCUT2D eigenvalue weighted by Gasteiger charge is 2.35. The van der Waals surface area contributed by atoms with E-state index >= 15 is 0 Å². The second kappa shape index (κ2) is 11.4. The van der Waals surface area contributed by atoms with Crippen LogP contribution in [0.25, 0.3) is 0 Å². The number of hydrogen-bond acceptors (Lipinski definition) is 6. The fraction of sp³-hybridized carbons (Fsp3) is 0.375. The summed E-state index contributed by atoms with van der Waals surface area (Å²) in [6.07, 6.45) is 1.54. The Labute approximate surface area is 200 Å². The molecule has 3 rings (SSSR count). The molecule has 1 heterocycles. The highest BCUT2D eigenvalue weighted by Crippen LogP contribution is 2.16. The number of amides is 2. The number of nitrogens with two attached hydrogens (primary N) is 1. The van der Waals surface area contributed by atoms with Crippen LogP contribution in [0.2, 0.25) is 0 Å². The van der Waals surface area contributed by atoms with E-state index in [1.165, 1.54) is 6.92 Å². The van der Waals surface area contributed by atoms with Crippen molar-refractivity contribution in [2.75, 3.05) is 12.3 Å². The zero-order valence-corrected chi connectivity index (χ0v) is 20.0. The van der Waals surface area contributed by atoms with Gasteiger partial charge in [-0.2, -0.15) is 0 Å². The summed E-state index contributed by atoms with van der Waals surface area (Å²) in [5.74, 6) is -1.25. The van der Waals surface area contributed by atoms with Crippen molar-refractivity contribution in [3.05, 3.63) is 71.3 Å². The highest BCUT2D eigenvalue weighted by atomic mass is 32.2. The average molecular weight is 486 g/mol. The van der Waals surface area contributed by atoms with Gasteiger partial charge in [0.1, 0.15) is 11.9 Å². The molecule has 34 heavy (non-hydrogen) atoms. The lowest BCUT2D eigenvalue weighted by molar-refractivity contribution is -0.147. The third-order valence-electron chi connectivity index (χ3n) is 5.78. The minimum absolute atomic E-state index is 0.0207. The lowest BCUT2D eigenvalue weighted by Gasteiger charge is -2.28. The van der Waals surface area contributed by atoms with Crippen LogP contribution in [-0.4, -0.2) is 55.3 Å². The number of carbonyl (C=O) groups excluding carboxylic acids is 2. The molecule has 2 atom stereocenters. The van der Waals surface area contributed by atoms with E-state index < -0.39 is 28.0 Å². The Bertz CT molecular complexity index is 1110. The van der Waals surface area contributed by atoms with Crippen LogP contribution in [0, 0.1) is 5.41 Å². The van der Waals surface area contributed by atoms with Gasteiger partial charge in [-0.15, -0.1) is 0 Å². The van der Waals surface area contributed by atoms with Gasteiger partial charge in [-0.1, -0.05) is 54.6 Å². The molecule has 2 amide bonds. The Morgan fingerprint density at radius 3 is 2.38 bits per heavy atom. The van der Waals surface area contributed by atoms with Crippen LogP contribution in [0.15, 0.2) is 54.6 Å². The smallest absolute Gasteiger partial charge is 0.248 e. The molecule has 1 aliphatic heterocycles. The number of rotatable bonds is 10. The Balaban J connectivity index is 1.93. The van der Waals surface area contributed by atoms with Crippen LogP contribution in [-0.2, 0) is 32.6 Å². The standard InChI is InChI=1S/C24H31N5O4S/c1-2-34(32,33)28-21(15-17-7-4-3-5-8-17)24(31)29(23(30)20-9-6-14-27-20)16-18-10-12-19(13-11-18)22(25)26/h3-5,7-8,10-13,20-21,27-28H,2,6,9,14-16H2,1H3,(H3,25,26)/t20-,21+/m0/s1. The van der Waals surface area contributed by atoms with Gasteiger partial charge in [-0.3, -0.25) is 19.9 Å². The summed E-state index contributed by atoms with van der Waals surface area (Å²) in [6, 6.07) is 14.2. The number of nitrogens with one attached hydrogen (secondary N) is 3. The summed E-state index contributed by atoms with van der Waals surface area (Å²) in [5.41, 5.74) is 7.49. The summed E-state index contributed by atoms with van der Waals surface area (Å²) < 4.78 is 27.3. The van der Waals surface area contributed by atoms with Crippen LogP contribution < -0.4 is 15.8 Å². The zero-order chi connectivity index (χ0) is 24.7. The summed E-state index contributed by atoms with van der Waals surface area (Å²) in [7, 11) is -3.71. The van der Waals surface area contributed by atoms with Crippen LogP contribution in [0.4, 0.5) is 0 Å². The summed E-state index contributed by atoms with van der Waals surface area (Å²) in [5, 5.41) is 10.7. The minimum atomic E-state index is -3.71. The molecule has 2 aromatic carbocycles. The first-order valence-electron chi connectivity index (χ1n) is 11.3.